The van der Waals surface area contributed by atoms with Crippen molar-refractivity contribution in [3.63, 3.8) is 0 Å². The van der Waals surface area contributed by atoms with Gasteiger partial charge in [0.1, 0.15) is 0 Å². The highest BCUT2D eigenvalue weighted by molar-refractivity contribution is 5.76. The normalized spacial score (nSPS) is 36.8. The molecule has 2 fully saturated rings. The zero-order valence-electron chi connectivity index (χ0n) is 6.84. The van der Waals surface area contributed by atoms with Gasteiger partial charge in [-0.2, -0.15) is 0 Å². The molecule has 0 aromatic heterocycles. The lowest BCUT2D eigenvalue weighted by atomic mass is 9.80. The molecule has 0 bridgehead atoms. The second-order valence-electron chi connectivity index (χ2n) is 3.55. The molecular weight excluding hydrogens is 140 g/mol. The first-order valence-electron chi connectivity index (χ1n) is 4.33. The molecule has 3 heteroatoms. The zero-order chi connectivity index (χ0) is 7.84. The second-order valence-corrected chi connectivity index (χ2v) is 3.55. The predicted octanol–water partition coefficient (Wildman–Crippen LogP) is 0.810. The highest BCUT2D eigenvalue weighted by Crippen LogP contribution is 2.32. The minimum atomic E-state index is 0.140. The summed E-state index contributed by atoms with van der Waals surface area (Å²) in [6.07, 6.45) is 2.49. The third-order valence-corrected chi connectivity index (χ3v) is 2.86. The van der Waals surface area contributed by atoms with Crippen LogP contribution in [0.1, 0.15) is 19.8 Å². The molecule has 2 rings (SSSR count). The fraction of sp³-hybridized carbons (Fsp3) is 0.875. The van der Waals surface area contributed by atoms with Crippen molar-refractivity contribution < 1.29 is 4.79 Å². The van der Waals surface area contributed by atoms with Crippen molar-refractivity contribution >= 4 is 6.03 Å². The van der Waals surface area contributed by atoms with E-state index in [2.05, 4.69) is 12.2 Å². The molecule has 0 radical (unpaired) electrons. The van der Waals surface area contributed by atoms with Gasteiger partial charge in [0.15, 0.2) is 0 Å². The average Bonchev–Trinajstić information content (AvgIpc) is 2.34. The molecule has 2 unspecified atom stereocenters. The van der Waals surface area contributed by atoms with Crippen molar-refractivity contribution in [1.29, 1.82) is 0 Å². The Labute approximate surface area is 66.8 Å². The van der Waals surface area contributed by atoms with Crippen molar-refractivity contribution in [2.75, 3.05) is 13.1 Å². The molecule has 1 saturated heterocycles. The summed E-state index contributed by atoms with van der Waals surface area (Å²) in [6, 6.07) is 0.680. The van der Waals surface area contributed by atoms with Gasteiger partial charge in [-0.3, -0.25) is 0 Å². The first-order valence-corrected chi connectivity index (χ1v) is 4.33. The van der Waals surface area contributed by atoms with Crippen LogP contribution in [-0.2, 0) is 0 Å². The number of carbonyl (C=O) groups excluding carboxylic acids is 1. The summed E-state index contributed by atoms with van der Waals surface area (Å²) in [4.78, 5) is 13.1. The summed E-state index contributed by atoms with van der Waals surface area (Å²) < 4.78 is 0. The van der Waals surface area contributed by atoms with Crippen molar-refractivity contribution in [3.05, 3.63) is 0 Å². The Morgan fingerprint density at radius 3 is 2.73 bits per heavy atom. The molecule has 2 aliphatic rings. The molecule has 1 aliphatic heterocycles. The number of carbonyl (C=O) groups is 1. The number of hydrogen-bond donors (Lipinski definition) is 1. The number of nitrogens with one attached hydrogen (secondary N) is 1. The summed E-state index contributed by atoms with van der Waals surface area (Å²) in [7, 11) is 0. The van der Waals surface area contributed by atoms with Crippen molar-refractivity contribution in [2.45, 2.75) is 25.8 Å². The molecule has 0 aromatic rings. The maximum atomic E-state index is 11.2. The summed E-state index contributed by atoms with van der Waals surface area (Å²) >= 11 is 0. The smallest absolute Gasteiger partial charge is 0.317 e. The van der Waals surface area contributed by atoms with Crippen LogP contribution in [0.3, 0.4) is 0 Å². The van der Waals surface area contributed by atoms with Gasteiger partial charge in [0.05, 0.1) is 0 Å². The Kier molecular flexibility index (Phi) is 1.51. The Morgan fingerprint density at radius 1 is 1.55 bits per heavy atom. The molecule has 1 aliphatic carbocycles. The van der Waals surface area contributed by atoms with E-state index in [1.807, 2.05) is 4.90 Å². The van der Waals surface area contributed by atoms with Crippen molar-refractivity contribution in [3.8, 4) is 0 Å². The Bertz CT molecular complexity index is 181. The van der Waals surface area contributed by atoms with Gasteiger partial charge >= 0.3 is 6.03 Å². The number of amides is 2. The van der Waals surface area contributed by atoms with Crippen LogP contribution in [0.2, 0.25) is 0 Å². The van der Waals surface area contributed by atoms with E-state index in [1.54, 1.807) is 0 Å². The standard InChI is InChI=1S/C8H14N2O/c1-6-2-3-7(6)10-5-4-9-8(10)11/h6-7H,2-5H2,1H3,(H,9,11). The fourth-order valence-electron chi connectivity index (χ4n) is 1.91. The fourth-order valence-corrected chi connectivity index (χ4v) is 1.91. The lowest BCUT2D eigenvalue weighted by Gasteiger charge is -2.39. The van der Waals surface area contributed by atoms with Gasteiger partial charge in [0, 0.05) is 19.1 Å². The molecule has 11 heavy (non-hydrogen) atoms. The maximum Gasteiger partial charge on any atom is 0.317 e. The van der Waals surface area contributed by atoms with E-state index in [0.717, 1.165) is 19.0 Å². The maximum absolute atomic E-state index is 11.2. The molecular formula is C8H14N2O. The first-order chi connectivity index (χ1) is 5.29. The molecule has 2 atom stereocenters. The molecule has 1 N–H and O–H groups in total. The number of nitrogens with zero attached hydrogens (tertiary/aromatic N) is 1. The van der Waals surface area contributed by atoms with Crippen LogP contribution in [0.4, 0.5) is 4.79 Å². The Balaban J connectivity index is 1.98. The van der Waals surface area contributed by atoms with Crippen LogP contribution in [0.5, 0.6) is 0 Å². The summed E-state index contributed by atoms with van der Waals surface area (Å²) in [5.74, 6) is 0.721. The number of rotatable bonds is 1. The van der Waals surface area contributed by atoms with Gasteiger partial charge in [-0.25, -0.2) is 4.79 Å². The van der Waals surface area contributed by atoms with E-state index >= 15 is 0 Å². The SMILES string of the molecule is CC1CCC1N1CCNC1=O. The van der Waals surface area contributed by atoms with Gasteiger partial charge in [-0.15, -0.1) is 0 Å². The highest BCUT2D eigenvalue weighted by Gasteiger charge is 2.36. The zero-order valence-corrected chi connectivity index (χ0v) is 6.84. The van der Waals surface area contributed by atoms with Crippen LogP contribution >= 0.6 is 0 Å². The van der Waals surface area contributed by atoms with Crippen molar-refractivity contribution in [1.82, 2.24) is 10.2 Å². The summed E-state index contributed by atoms with van der Waals surface area (Å²) in [5.41, 5.74) is 0. The van der Waals surface area contributed by atoms with E-state index in [0.29, 0.717) is 6.04 Å². The molecule has 1 saturated carbocycles. The number of urea groups is 1. The number of hydrogen-bond acceptors (Lipinski definition) is 1. The van der Waals surface area contributed by atoms with Crippen LogP contribution in [-0.4, -0.2) is 30.1 Å². The molecule has 62 valence electrons. The minimum Gasteiger partial charge on any atom is -0.336 e. The average molecular weight is 154 g/mol. The van der Waals surface area contributed by atoms with Gasteiger partial charge in [0.25, 0.3) is 0 Å². The van der Waals surface area contributed by atoms with E-state index in [4.69, 9.17) is 0 Å². The largest absolute Gasteiger partial charge is 0.336 e. The van der Waals surface area contributed by atoms with Crippen LogP contribution in [0.15, 0.2) is 0 Å². The van der Waals surface area contributed by atoms with E-state index in [1.165, 1.54) is 12.8 Å². The molecule has 1 heterocycles. The highest BCUT2D eigenvalue weighted by atomic mass is 16.2. The molecule has 3 nitrogen and oxygen atoms in total. The predicted molar refractivity (Wildman–Crippen MR) is 42.3 cm³/mol. The van der Waals surface area contributed by atoms with Crippen LogP contribution in [0, 0.1) is 5.92 Å². The Morgan fingerprint density at radius 2 is 2.36 bits per heavy atom. The summed E-state index contributed by atoms with van der Waals surface area (Å²) in [5, 5.41) is 2.83. The monoisotopic (exact) mass is 154 g/mol. The summed E-state index contributed by atoms with van der Waals surface area (Å²) in [6.45, 7) is 3.97. The van der Waals surface area contributed by atoms with Crippen LogP contribution in [0.25, 0.3) is 0 Å². The van der Waals surface area contributed by atoms with Crippen molar-refractivity contribution in [2.24, 2.45) is 5.92 Å². The van der Waals surface area contributed by atoms with E-state index in [-0.39, 0.29) is 6.03 Å². The van der Waals surface area contributed by atoms with Gasteiger partial charge in [-0.1, -0.05) is 6.92 Å². The van der Waals surface area contributed by atoms with E-state index < -0.39 is 0 Å². The molecule has 0 aromatic carbocycles. The van der Waals surface area contributed by atoms with Gasteiger partial charge < -0.3 is 10.2 Å². The van der Waals surface area contributed by atoms with Gasteiger partial charge in [0.2, 0.25) is 0 Å². The molecule has 0 spiro atoms. The van der Waals surface area contributed by atoms with Crippen LogP contribution < -0.4 is 5.32 Å². The minimum absolute atomic E-state index is 0.140. The second kappa shape index (κ2) is 2.40. The molecule has 2 amide bonds. The quantitative estimate of drug-likeness (QED) is 0.595. The lowest BCUT2D eigenvalue weighted by Crippen LogP contribution is -2.47. The first kappa shape index (κ1) is 6.95. The third kappa shape index (κ3) is 0.988. The topological polar surface area (TPSA) is 32.3 Å². The third-order valence-electron chi connectivity index (χ3n) is 2.86. The Hall–Kier alpha value is -0.730. The van der Waals surface area contributed by atoms with E-state index in [9.17, 15) is 4.79 Å². The lowest BCUT2D eigenvalue weighted by molar-refractivity contribution is 0.113. The van der Waals surface area contributed by atoms with Gasteiger partial charge in [-0.05, 0) is 18.8 Å².